The highest BCUT2D eigenvalue weighted by Crippen LogP contribution is 2.38. The van der Waals surface area contributed by atoms with E-state index in [1.54, 1.807) is 33.3 Å². The van der Waals surface area contributed by atoms with Crippen molar-refractivity contribution in [2.45, 2.75) is 6.92 Å². The van der Waals surface area contributed by atoms with Crippen LogP contribution in [0.5, 0.6) is 11.5 Å². The average molecular weight is 378 g/mol. The first-order valence-electron chi connectivity index (χ1n) is 5.59. The molecule has 0 radical (unpaired) electrons. The first-order valence-corrected chi connectivity index (χ1v) is 7.14. The number of aromatic nitrogens is 2. The number of hydrogen-bond acceptors (Lipinski definition) is 4. The summed E-state index contributed by atoms with van der Waals surface area (Å²) < 4.78 is 11.3. The molecule has 0 spiro atoms. The molecule has 20 heavy (non-hydrogen) atoms. The number of benzene rings is 1. The molecule has 2 rings (SSSR count). The van der Waals surface area contributed by atoms with Gasteiger partial charge in [0, 0.05) is 15.6 Å². The average Bonchev–Trinajstić information content (AvgIpc) is 2.43. The van der Waals surface area contributed by atoms with Crippen LogP contribution in [0.4, 0.5) is 0 Å². The van der Waals surface area contributed by atoms with E-state index in [9.17, 15) is 0 Å². The van der Waals surface area contributed by atoms with Gasteiger partial charge in [-0.3, -0.25) is 0 Å². The van der Waals surface area contributed by atoms with Crippen molar-refractivity contribution in [3.8, 4) is 22.9 Å². The third-order valence-corrected chi connectivity index (χ3v) is 4.13. The molecule has 7 heteroatoms. The Bertz CT molecular complexity index is 642. The summed E-state index contributed by atoms with van der Waals surface area (Å²) in [6.45, 7) is 1.76. The number of halogens is 3. The van der Waals surface area contributed by atoms with Crippen LogP contribution in [0, 0.1) is 6.92 Å². The van der Waals surface area contributed by atoms with E-state index < -0.39 is 0 Å². The predicted molar refractivity (Wildman–Crippen MR) is 83.0 cm³/mol. The summed E-state index contributed by atoms with van der Waals surface area (Å²) in [7, 11) is 3.13. The summed E-state index contributed by atoms with van der Waals surface area (Å²) in [6, 6.07) is 3.54. The van der Waals surface area contributed by atoms with Crippen LogP contribution < -0.4 is 9.47 Å². The lowest BCUT2D eigenvalue weighted by Gasteiger charge is -2.12. The first-order chi connectivity index (χ1) is 9.47. The van der Waals surface area contributed by atoms with Crippen molar-refractivity contribution in [2.75, 3.05) is 14.2 Å². The second kappa shape index (κ2) is 6.16. The molecule has 2 aromatic rings. The fraction of sp³-hybridized carbons (Fsp3) is 0.231. The number of ether oxygens (including phenoxy) is 2. The zero-order valence-corrected chi connectivity index (χ0v) is 14.1. The van der Waals surface area contributed by atoms with Gasteiger partial charge in [-0.05, 0) is 35.0 Å². The molecule has 0 fully saturated rings. The van der Waals surface area contributed by atoms with Gasteiger partial charge in [-0.15, -0.1) is 0 Å². The van der Waals surface area contributed by atoms with Crippen LogP contribution in [-0.4, -0.2) is 24.2 Å². The van der Waals surface area contributed by atoms with Crippen LogP contribution in [0.2, 0.25) is 10.3 Å². The van der Waals surface area contributed by atoms with Gasteiger partial charge >= 0.3 is 0 Å². The molecular formula is C13H11BrCl2N2O2. The Morgan fingerprint density at radius 1 is 1.00 bits per heavy atom. The van der Waals surface area contributed by atoms with E-state index in [2.05, 4.69) is 25.9 Å². The minimum Gasteiger partial charge on any atom is -0.493 e. The van der Waals surface area contributed by atoms with Gasteiger partial charge in [0.1, 0.15) is 10.3 Å². The molecule has 0 aliphatic heterocycles. The molecule has 106 valence electrons. The number of rotatable bonds is 3. The van der Waals surface area contributed by atoms with Crippen molar-refractivity contribution in [3.63, 3.8) is 0 Å². The lowest BCUT2D eigenvalue weighted by Crippen LogP contribution is -1.97. The summed E-state index contributed by atoms with van der Waals surface area (Å²) in [5.74, 6) is 1.59. The summed E-state index contributed by atoms with van der Waals surface area (Å²) in [5, 5.41) is 0.642. The minimum atomic E-state index is 0.321. The molecule has 0 atom stereocenters. The normalized spacial score (nSPS) is 10.5. The van der Waals surface area contributed by atoms with Crippen LogP contribution in [-0.2, 0) is 0 Å². The second-order valence-electron chi connectivity index (χ2n) is 3.94. The van der Waals surface area contributed by atoms with Crippen molar-refractivity contribution in [1.29, 1.82) is 0 Å². The van der Waals surface area contributed by atoms with Gasteiger partial charge in [-0.1, -0.05) is 23.2 Å². The molecule has 1 heterocycles. The lowest BCUT2D eigenvalue weighted by atomic mass is 10.2. The molecule has 0 bridgehead atoms. The Labute approximate surface area is 135 Å². The Morgan fingerprint density at radius 3 is 2.00 bits per heavy atom. The van der Waals surface area contributed by atoms with Gasteiger partial charge in [0.25, 0.3) is 0 Å². The molecule has 0 N–H and O–H groups in total. The van der Waals surface area contributed by atoms with E-state index in [0.717, 1.165) is 4.47 Å². The highest BCUT2D eigenvalue weighted by atomic mass is 79.9. The van der Waals surface area contributed by atoms with Gasteiger partial charge in [0.05, 0.1) is 14.2 Å². The van der Waals surface area contributed by atoms with Crippen LogP contribution in [0.1, 0.15) is 5.56 Å². The van der Waals surface area contributed by atoms with E-state index in [1.807, 2.05) is 0 Å². The second-order valence-corrected chi connectivity index (χ2v) is 5.51. The number of nitrogens with zero attached hydrogens (tertiary/aromatic N) is 2. The zero-order chi connectivity index (χ0) is 14.9. The molecule has 0 saturated carbocycles. The van der Waals surface area contributed by atoms with E-state index >= 15 is 0 Å². The van der Waals surface area contributed by atoms with Crippen molar-refractivity contribution in [2.24, 2.45) is 0 Å². The molecule has 1 aromatic carbocycles. The lowest BCUT2D eigenvalue weighted by molar-refractivity contribution is 0.355. The Kier molecular flexibility index (Phi) is 4.73. The molecular weight excluding hydrogens is 367 g/mol. The van der Waals surface area contributed by atoms with Gasteiger partial charge in [-0.25, -0.2) is 9.97 Å². The Hall–Kier alpha value is -1.04. The highest BCUT2D eigenvalue weighted by molar-refractivity contribution is 9.10. The van der Waals surface area contributed by atoms with Crippen molar-refractivity contribution >= 4 is 39.1 Å². The summed E-state index contributed by atoms with van der Waals surface area (Å²) in [6.07, 6.45) is 0. The van der Waals surface area contributed by atoms with Gasteiger partial charge in [-0.2, -0.15) is 0 Å². The van der Waals surface area contributed by atoms with E-state index in [4.69, 9.17) is 32.7 Å². The van der Waals surface area contributed by atoms with Crippen LogP contribution in [0.15, 0.2) is 16.6 Å². The van der Waals surface area contributed by atoms with E-state index in [1.165, 1.54) is 0 Å². The molecule has 0 aliphatic rings. The van der Waals surface area contributed by atoms with Crippen LogP contribution in [0.25, 0.3) is 11.4 Å². The molecule has 0 saturated heterocycles. The third-order valence-electron chi connectivity index (χ3n) is 2.74. The topological polar surface area (TPSA) is 44.2 Å². The van der Waals surface area contributed by atoms with Crippen LogP contribution >= 0.6 is 39.1 Å². The maximum absolute atomic E-state index is 6.05. The largest absolute Gasteiger partial charge is 0.493 e. The fourth-order valence-corrected chi connectivity index (χ4v) is 2.50. The minimum absolute atomic E-state index is 0.321. The fourth-order valence-electron chi connectivity index (χ4n) is 1.61. The predicted octanol–water partition coefficient (Wildman–Crippen LogP) is 4.54. The van der Waals surface area contributed by atoms with Crippen molar-refractivity contribution in [1.82, 2.24) is 9.97 Å². The SMILES string of the molecule is COc1cc(Br)c(-c2nc(Cl)c(C)c(Cl)n2)cc1OC. The maximum atomic E-state index is 6.05. The third kappa shape index (κ3) is 2.85. The number of methoxy groups -OCH3 is 2. The first kappa shape index (κ1) is 15.4. The van der Waals surface area contributed by atoms with E-state index in [-0.39, 0.29) is 0 Å². The molecule has 0 amide bonds. The van der Waals surface area contributed by atoms with E-state index in [0.29, 0.717) is 38.8 Å². The van der Waals surface area contributed by atoms with Crippen LogP contribution in [0.3, 0.4) is 0 Å². The molecule has 1 aromatic heterocycles. The number of hydrogen-bond donors (Lipinski definition) is 0. The molecule has 0 unspecified atom stereocenters. The smallest absolute Gasteiger partial charge is 0.163 e. The maximum Gasteiger partial charge on any atom is 0.163 e. The zero-order valence-electron chi connectivity index (χ0n) is 11.0. The van der Waals surface area contributed by atoms with Crippen molar-refractivity contribution < 1.29 is 9.47 Å². The molecule has 0 aliphatic carbocycles. The van der Waals surface area contributed by atoms with Gasteiger partial charge < -0.3 is 9.47 Å². The summed E-state index contributed by atoms with van der Waals surface area (Å²) >= 11 is 15.5. The Morgan fingerprint density at radius 2 is 1.50 bits per heavy atom. The summed E-state index contributed by atoms with van der Waals surface area (Å²) in [4.78, 5) is 8.48. The summed E-state index contributed by atoms with van der Waals surface area (Å²) in [5.41, 5.74) is 1.36. The Balaban J connectivity index is 2.63. The molecule has 4 nitrogen and oxygen atoms in total. The monoisotopic (exact) mass is 376 g/mol. The van der Waals surface area contributed by atoms with Gasteiger partial charge in [0.15, 0.2) is 17.3 Å². The van der Waals surface area contributed by atoms with Crippen molar-refractivity contribution in [3.05, 3.63) is 32.5 Å². The quantitative estimate of drug-likeness (QED) is 0.736. The standard InChI is InChI=1S/C13H11BrCl2N2O2/c1-6-11(15)17-13(18-12(6)16)7-4-9(19-2)10(20-3)5-8(7)14/h4-5H,1-3H3. The highest BCUT2D eigenvalue weighted by Gasteiger charge is 2.15. The van der Waals surface area contributed by atoms with Gasteiger partial charge in [0.2, 0.25) is 0 Å².